The number of ether oxygens (including phenoxy) is 1. The lowest BCUT2D eigenvalue weighted by Gasteiger charge is -2.13. The van der Waals surface area contributed by atoms with Crippen molar-refractivity contribution in [2.45, 2.75) is 6.04 Å². The third kappa shape index (κ3) is 2.31. The Morgan fingerprint density at radius 1 is 1.26 bits per heavy atom. The number of phenolic OH excluding ortho intramolecular Hbond substituents is 1. The van der Waals surface area contributed by atoms with Gasteiger partial charge in [-0.2, -0.15) is 0 Å². The molecule has 0 amide bonds. The zero-order valence-electron chi connectivity index (χ0n) is 9.86. The summed E-state index contributed by atoms with van der Waals surface area (Å²) in [4.78, 5) is 0. The minimum atomic E-state index is -0.462. The molecule has 0 bridgehead atoms. The first-order valence-electron chi connectivity index (χ1n) is 5.81. The van der Waals surface area contributed by atoms with Crippen LogP contribution in [0.2, 0.25) is 5.02 Å². The van der Waals surface area contributed by atoms with Gasteiger partial charge < -0.3 is 15.2 Å². The maximum atomic E-state index is 13.4. The second-order valence-electron chi connectivity index (χ2n) is 4.36. The Hall–Kier alpha value is -1.94. The molecule has 0 saturated carbocycles. The molecule has 1 unspecified atom stereocenters. The van der Waals surface area contributed by atoms with Crippen LogP contribution in [0.3, 0.4) is 0 Å². The van der Waals surface area contributed by atoms with Crippen molar-refractivity contribution in [3.05, 3.63) is 52.8 Å². The minimum Gasteiger partial charge on any atom is -0.508 e. The lowest BCUT2D eigenvalue weighted by atomic mass is 10.1. The number of nitrogens with one attached hydrogen (secondary N) is 1. The fourth-order valence-corrected chi connectivity index (χ4v) is 2.22. The number of hydrogen-bond acceptors (Lipinski definition) is 3. The number of halogens is 2. The van der Waals surface area contributed by atoms with E-state index >= 15 is 0 Å². The van der Waals surface area contributed by atoms with Crippen LogP contribution in [0.5, 0.6) is 11.5 Å². The highest BCUT2D eigenvalue weighted by Gasteiger charge is 2.24. The van der Waals surface area contributed by atoms with Crippen molar-refractivity contribution in [1.82, 2.24) is 0 Å². The van der Waals surface area contributed by atoms with Crippen LogP contribution in [0.1, 0.15) is 11.6 Å². The monoisotopic (exact) mass is 279 g/mol. The summed E-state index contributed by atoms with van der Waals surface area (Å²) in [6, 6.07) is 9.46. The summed E-state index contributed by atoms with van der Waals surface area (Å²) < 4.78 is 18.8. The summed E-state index contributed by atoms with van der Waals surface area (Å²) >= 11 is 5.64. The maximum absolute atomic E-state index is 13.4. The Morgan fingerprint density at radius 3 is 2.89 bits per heavy atom. The van der Waals surface area contributed by atoms with Crippen LogP contribution in [-0.2, 0) is 0 Å². The quantitative estimate of drug-likeness (QED) is 0.880. The molecule has 3 rings (SSSR count). The van der Waals surface area contributed by atoms with Gasteiger partial charge in [-0.1, -0.05) is 11.6 Å². The van der Waals surface area contributed by atoms with E-state index in [-0.39, 0.29) is 16.8 Å². The van der Waals surface area contributed by atoms with E-state index in [0.29, 0.717) is 18.0 Å². The fourth-order valence-electron chi connectivity index (χ4n) is 2.11. The Bertz CT molecular complexity index is 633. The average Bonchev–Trinajstić information content (AvgIpc) is 2.76. The first-order chi connectivity index (χ1) is 9.13. The maximum Gasteiger partial charge on any atom is 0.143 e. The summed E-state index contributed by atoms with van der Waals surface area (Å²) in [5.74, 6) is 0.348. The SMILES string of the molecule is Oc1ccc2c(c1)OCC2Nc1ccc(Cl)c(F)c1. The molecule has 0 aromatic heterocycles. The normalized spacial score (nSPS) is 16.8. The number of hydrogen-bond donors (Lipinski definition) is 2. The molecular formula is C14H11ClFNO2. The van der Waals surface area contributed by atoms with Gasteiger partial charge in [0.25, 0.3) is 0 Å². The van der Waals surface area contributed by atoms with Crippen molar-refractivity contribution in [3.8, 4) is 11.5 Å². The highest BCUT2D eigenvalue weighted by atomic mass is 35.5. The molecular weight excluding hydrogens is 269 g/mol. The van der Waals surface area contributed by atoms with Gasteiger partial charge in [0.2, 0.25) is 0 Å². The van der Waals surface area contributed by atoms with Crippen LogP contribution in [0.15, 0.2) is 36.4 Å². The summed E-state index contributed by atoms with van der Waals surface area (Å²) in [6.45, 7) is 0.434. The van der Waals surface area contributed by atoms with E-state index in [1.807, 2.05) is 0 Å². The zero-order chi connectivity index (χ0) is 13.4. The Kier molecular flexibility index (Phi) is 2.95. The van der Waals surface area contributed by atoms with Gasteiger partial charge >= 0.3 is 0 Å². The predicted octanol–water partition coefficient (Wildman–Crippen LogP) is 3.73. The topological polar surface area (TPSA) is 41.5 Å². The van der Waals surface area contributed by atoms with Crippen molar-refractivity contribution >= 4 is 17.3 Å². The smallest absolute Gasteiger partial charge is 0.143 e. The fraction of sp³-hybridized carbons (Fsp3) is 0.143. The first-order valence-corrected chi connectivity index (χ1v) is 6.18. The molecule has 0 aliphatic carbocycles. The average molecular weight is 280 g/mol. The Morgan fingerprint density at radius 2 is 2.11 bits per heavy atom. The van der Waals surface area contributed by atoms with Gasteiger partial charge in [-0.15, -0.1) is 0 Å². The van der Waals surface area contributed by atoms with Crippen molar-refractivity contribution in [2.75, 3.05) is 11.9 Å². The Labute approximate surface area is 114 Å². The molecule has 98 valence electrons. The van der Waals surface area contributed by atoms with Crippen molar-refractivity contribution in [2.24, 2.45) is 0 Å². The molecule has 3 nitrogen and oxygen atoms in total. The van der Waals surface area contributed by atoms with Crippen LogP contribution < -0.4 is 10.1 Å². The van der Waals surface area contributed by atoms with Gasteiger partial charge in [0.15, 0.2) is 0 Å². The van der Waals surface area contributed by atoms with Gasteiger partial charge in [-0.25, -0.2) is 4.39 Å². The number of fused-ring (bicyclic) bond motifs is 1. The van der Waals surface area contributed by atoms with E-state index in [1.54, 1.807) is 24.3 Å². The molecule has 19 heavy (non-hydrogen) atoms. The van der Waals surface area contributed by atoms with E-state index in [0.717, 1.165) is 5.56 Å². The van der Waals surface area contributed by atoms with E-state index in [1.165, 1.54) is 12.1 Å². The van der Waals surface area contributed by atoms with Crippen LogP contribution in [0, 0.1) is 5.82 Å². The molecule has 1 aliphatic heterocycles. The van der Waals surface area contributed by atoms with Crippen LogP contribution in [-0.4, -0.2) is 11.7 Å². The number of phenols is 1. The molecule has 2 N–H and O–H groups in total. The molecule has 0 radical (unpaired) electrons. The van der Waals surface area contributed by atoms with Gasteiger partial charge in [-0.3, -0.25) is 0 Å². The van der Waals surface area contributed by atoms with E-state index in [2.05, 4.69) is 5.32 Å². The molecule has 0 spiro atoms. The number of anilines is 1. The Balaban J connectivity index is 1.84. The van der Waals surface area contributed by atoms with Crippen molar-refractivity contribution in [3.63, 3.8) is 0 Å². The second kappa shape index (κ2) is 4.63. The number of rotatable bonds is 2. The zero-order valence-corrected chi connectivity index (χ0v) is 10.6. The second-order valence-corrected chi connectivity index (χ2v) is 4.77. The van der Waals surface area contributed by atoms with E-state index in [9.17, 15) is 9.50 Å². The van der Waals surface area contributed by atoms with Crippen molar-refractivity contribution < 1.29 is 14.2 Å². The third-order valence-electron chi connectivity index (χ3n) is 3.04. The van der Waals surface area contributed by atoms with Crippen molar-refractivity contribution in [1.29, 1.82) is 0 Å². The van der Waals surface area contributed by atoms with Gasteiger partial charge in [0, 0.05) is 17.3 Å². The van der Waals surface area contributed by atoms with Crippen LogP contribution in [0.25, 0.3) is 0 Å². The molecule has 2 aromatic rings. The summed E-state index contributed by atoms with van der Waals surface area (Å²) in [6.07, 6.45) is 0. The highest BCUT2D eigenvalue weighted by molar-refractivity contribution is 6.30. The van der Waals surface area contributed by atoms with Gasteiger partial charge in [-0.05, 0) is 30.3 Å². The summed E-state index contributed by atoms with van der Waals surface area (Å²) in [5, 5.41) is 12.6. The first kappa shape index (κ1) is 12.1. The number of benzene rings is 2. The summed E-state index contributed by atoms with van der Waals surface area (Å²) in [7, 11) is 0. The van der Waals surface area contributed by atoms with Crippen LogP contribution in [0.4, 0.5) is 10.1 Å². The molecule has 0 saturated heterocycles. The molecule has 2 aromatic carbocycles. The van der Waals surface area contributed by atoms with Gasteiger partial charge in [0.1, 0.15) is 23.9 Å². The lowest BCUT2D eigenvalue weighted by Crippen LogP contribution is -2.11. The van der Waals surface area contributed by atoms with E-state index in [4.69, 9.17) is 16.3 Å². The molecule has 1 aliphatic rings. The standard InChI is InChI=1S/C14H11ClFNO2/c15-11-4-1-8(5-12(11)16)17-13-7-19-14-6-9(18)2-3-10(13)14/h1-6,13,17-18H,7H2. The lowest BCUT2D eigenvalue weighted by molar-refractivity contribution is 0.338. The predicted molar refractivity (Wildman–Crippen MR) is 71.4 cm³/mol. The number of aromatic hydroxyl groups is 1. The summed E-state index contributed by atoms with van der Waals surface area (Å²) in [5.41, 5.74) is 1.57. The van der Waals surface area contributed by atoms with Crippen LogP contribution >= 0.6 is 11.6 Å². The van der Waals surface area contributed by atoms with E-state index < -0.39 is 5.82 Å². The largest absolute Gasteiger partial charge is 0.508 e. The molecule has 1 atom stereocenters. The highest BCUT2D eigenvalue weighted by Crippen LogP contribution is 2.36. The minimum absolute atomic E-state index is 0.0730. The molecule has 0 fully saturated rings. The van der Waals surface area contributed by atoms with Gasteiger partial charge in [0.05, 0.1) is 11.1 Å². The molecule has 1 heterocycles. The third-order valence-corrected chi connectivity index (χ3v) is 3.35. The molecule has 5 heteroatoms.